The molecule has 1 N–H and O–H groups in total. The number of ether oxygens (including phenoxy) is 2. The lowest BCUT2D eigenvalue weighted by Gasteiger charge is -2.14. The quantitative estimate of drug-likeness (QED) is 0.626. The standard InChI is InChI=1S/C21H25NO6S/c1-15(20(23)22-13-12-16-6-10-19(27-2)11-7-16)28-21(24)18-8-4-17(5-9-18)14-29(3,25)26/h4-11,15H,12-14H2,1-3H3,(H,22,23)/t15-/m1/s1. The molecule has 156 valence electrons. The number of sulfone groups is 1. The van der Waals surface area contributed by atoms with Crippen LogP contribution in [0.4, 0.5) is 0 Å². The summed E-state index contributed by atoms with van der Waals surface area (Å²) in [6.07, 6.45) is 0.830. The fourth-order valence-electron chi connectivity index (χ4n) is 2.59. The van der Waals surface area contributed by atoms with Crippen molar-refractivity contribution < 1.29 is 27.5 Å². The van der Waals surface area contributed by atoms with E-state index < -0.39 is 21.9 Å². The van der Waals surface area contributed by atoms with Crippen LogP contribution in [-0.2, 0) is 31.5 Å². The normalized spacial score (nSPS) is 12.1. The molecular formula is C21H25NO6S. The van der Waals surface area contributed by atoms with E-state index in [0.29, 0.717) is 18.5 Å². The summed E-state index contributed by atoms with van der Waals surface area (Å²) in [5.74, 6) is -0.369. The van der Waals surface area contributed by atoms with E-state index in [1.807, 2.05) is 24.3 Å². The number of hydrogen-bond donors (Lipinski definition) is 1. The largest absolute Gasteiger partial charge is 0.497 e. The molecular weight excluding hydrogens is 394 g/mol. The summed E-state index contributed by atoms with van der Waals surface area (Å²) in [7, 11) is -1.55. The van der Waals surface area contributed by atoms with Crippen molar-refractivity contribution in [3.8, 4) is 5.75 Å². The average Bonchev–Trinajstić information content (AvgIpc) is 2.67. The maximum absolute atomic E-state index is 12.2. The average molecular weight is 419 g/mol. The molecule has 0 aromatic heterocycles. The predicted octanol–water partition coefficient (Wildman–Crippen LogP) is 2.14. The Kier molecular flexibility index (Phi) is 7.78. The van der Waals surface area contributed by atoms with Gasteiger partial charge in [-0.1, -0.05) is 24.3 Å². The smallest absolute Gasteiger partial charge is 0.338 e. The number of rotatable bonds is 9. The van der Waals surface area contributed by atoms with Gasteiger partial charge in [0.1, 0.15) is 5.75 Å². The minimum atomic E-state index is -3.15. The number of methoxy groups -OCH3 is 1. The molecule has 0 aliphatic heterocycles. The number of esters is 1. The predicted molar refractivity (Wildman–Crippen MR) is 110 cm³/mol. The van der Waals surface area contributed by atoms with Gasteiger partial charge in [-0.25, -0.2) is 13.2 Å². The first-order valence-corrected chi connectivity index (χ1v) is 11.1. The molecule has 0 aliphatic rings. The maximum atomic E-state index is 12.2. The lowest BCUT2D eigenvalue weighted by atomic mass is 10.1. The summed E-state index contributed by atoms with van der Waals surface area (Å²) in [5.41, 5.74) is 1.87. The van der Waals surface area contributed by atoms with Gasteiger partial charge < -0.3 is 14.8 Å². The highest BCUT2D eigenvalue weighted by Gasteiger charge is 2.18. The van der Waals surface area contributed by atoms with E-state index in [4.69, 9.17) is 9.47 Å². The summed E-state index contributed by atoms with van der Waals surface area (Å²) in [6.45, 7) is 1.91. The molecule has 0 heterocycles. The Bertz CT molecular complexity index is 936. The van der Waals surface area contributed by atoms with Gasteiger partial charge >= 0.3 is 5.97 Å². The van der Waals surface area contributed by atoms with Crippen LogP contribution in [0.25, 0.3) is 0 Å². The number of nitrogens with one attached hydrogen (secondary N) is 1. The second-order valence-corrected chi connectivity index (χ2v) is 8.84. The Hall–Kier alpha value is -2.87. The van der Waals surface area contributed by atoms with E-state index in [1.54, 1.807) is 19.2 Å². The first-order valence-electron chi connectivity index (χ1n) is 9.06. The topological polar surface area (TPSA) is 98.8 Å². The summed E-state index contributed by atoms with van der Waals surface area (Å²) >= 11 is 0. The van der Waals surface area contributed by atoms with Gasteiger partial charge in [-0.05, 0) is 48.7 Å². The van der Waals surface area contributed by atoms with Crippen LogP contribution in [0.2, 0.25) is 0 Å². The van der Waals surface area contributed by atoms with Crippen molar-refractivity contribution in [3.05, 3.63) is 65.2 Å². The SMILES string of the molecule is COc1ccc(CCNC(=O)[C@@H](C)OC(=O)c2ccc(CS(C)(=O)=O)cc2)cc1. The molecule has 29 heavy (non-hydrogen) atoms. The van der Waals surface area contributed by atoms with Gasteiger partial charge in [0.25, 0.3) is 5.91 Å². The van der Waals surface area contributed by atoms with Gasteiger partial charge in [0.2, 0.25) is 0 Å². The van der Waals surface area contributed by atoms with Crippen LogP contribution < -0.4 is 10.1 Å². The van der Waals surface area contributed by atoms with Crippen LogP contribution in [0.5, 0.6) is 5.75 Å². The second-order valence-electron chi connectivity index (χ2n) is 6.70. The number of amides is 1. The fraction of sp³-hybridized carbons (Fsp3) is 0.333. The molecule has 0 aliphatic carbocycles. The Labute approximate surface area is 170 Å². The molecule has 2 aromatic rings. The minimum Gasteiger partial charge on any atom is -0.497 e. The lowest BCUT2D eigenvalue weighted by molar-refractivity contribution is -0.129. The van der Waals surface area contributed by atoms with Crippen LogP contribution >= 0.6 is 0 Å². The molecule has 0 saturated carbocycles. The van der Waals surface area contributed by atoms with Crippen molar-refractivity contribution >= 4 is 21.7 Å². The van der Waals surface area contributed by atoms with Crippen molar-refractivity contribution in [1.82, 2.24) is 5.32 Å². The molecule has 1 amide bonds. The number of carbonyl (C=O) groups is 2. The Morgan fingerprint density at radius 1 is 1.00 bits per heavy atom. The van der Waals surface area contributed by atoms with E-state index in [9.17, 15) is 18.0 Å². The third-order valence-corrected chi connectivity index (χ3v) is 5.00. The molecule has 0 fully saturated rings. The zero-order chi connectivity index (χ0) is 21.4. The Balaban J connectivity index is 1.81. The highest BCUT2D eigenvalue weighted by molar-refractivity contribution is 7.89. The molecule has 0 unspecified atom stereocenters. The zero-order valence-electron chi connectivity index (χ0n) is 16.7. The molecule has 0 spiro atoms. The Morgan fingerprint density at radius 2 is 1.59 bits per heavy atom. The van der Waals surface area contributed by atoms with E-state index in [1.165, 1.54) is 19.1 Å². The Morgan fingerprint density at radius 3 is 2.14 bits per heavy atom. The van der Waals surface area contributed by atoms with Crippen LogP contribution in [-0.4, -0.2) is 46.3 Å². The first-order chi connectivity index (χ1) is 13.7. The third-order valence-electron chi connectivity index (χ3n) is 4.14. The maximum Gasteiger partial charge on any atom is 0.338 e. The van der Waals surface area contributed by atoms with Gasteiger partial charge in [0, 0.05) is 12.8 Å². The second kappa shape index (κ2) is 10.1. The van der Waals surface area contributed by atoms with Crippen molar-refractivity contribution in [2.75, 3.05) is 19.9 Å². The van der Waals surface area contributed by atoms with Crippen LogP contribution in [0, 0.1) is 0 Å². The number of carbonyl (C=O) groups excluding carboxylic acids is 2. The summed E-state index contributed by atoms with van der Waals surface area (Å²) < 4.78 is 32.9. The van der Waals surface area contributed by atoms with Crippen LogP contribution in [0.15, 0.2) is 48.5 Å². The van der Waals surface area contributed by atoms with E-state index in [0.717, 1.165) is 17.6 Å². The van der Waals surface area contributed by atoms with Gasteiger partial charge in [0.05, 0.1) is 18.4 Å². The van der Waals surface area contributed by atoms with Crippen molar-refractivity contribution in [2.24, 2.45) is 0 Å². The third kappa shape index (κ3) is 7.57. The summed E-state index contributed by atoms with van der Waals surface area (Å²) in [6, 6.07) is 13.6. The first kappa shape index (κ1) is 22.4. The molecule has 0 saturated heterocycles. The zero-order valence-corrected chi connectivity index (χ0v) is 17.5. The van der Waals surface area contributed by atoms with Crippen molar-refractivity contribution in [1.29, 1.82) is 0 Å². The fourth-order valence-corrected chi connectivity index (χ4v) is 3.39. The van der Waals surface area contributed by atoms with Gasteiger partial charge in [-0.3, -0.25) is 4.79 Å². The molecule has 2 aromatic carbocycles. The van der Waals surface area contributed by atoms with E-state index >= 15 is 0 Å². The number of hydrogen-bond acceptors (Lipinski definition) is 6. The molecule has 8 heteroatoms. The van der Waals surface area contributed by atoms with Gasteiger partial charge in [0.15, 0.2) is 15.9 Å². The molecule has 0 radical (unpaired) electrons. The van der Waals surface area contributed by atoms with Gasteiger partial charge in [-0.15, -0.1) is 0 Å². The number of benzene rings is 2. The monoisotopic (exact) mass is 419 g/mol. The summed E-state index contributed by atoms with van der Waals surface area (Å²) in [5, 5.41) is 2.74. The van der Waals surface area contributed by atoms with Crippen molar-refractivity contribution in [3.63, 3.8) is 0 Å². The van der Waals surface area contributed by atoms with Crippen LogP contribution in [0.3, 0.4) is 0 Å². The highest BCUT2D eigenvalue weighted by Crippen LogP contribution is 2.12. The van der Waals surface area contributed by atoms with Crippen molar-refractivity contribution in [2.45, 2.75) is 25.2 Å². The lowest BCUT2D eigenvalue weighted by Crippen LogP contribution is -2.36. The summed E-state index contributed by atoms with van der Waals surface area (Å²) in [4.78, 5) is 24.3. The van der Waals surface area contributed by atoms with Crippen LogP contribution in [0.1, 0.15) is 28.4 Å². The van der Waals surface area contributed by atoms with E-state index in [2.05, 4.69) is 5.32 Å². The molecule has 1 atom stereocenters. The minimum absolute atomic E-state index is 0.102. The van der Waals surface area contributed by atoms with E-state index in [-0.39, 0.29) is 17.2 Å². The molecule has 0 bridgehead atoms. The molecule has 7 nitrogen and oxygen atoms in total. The highest BCUT2D eigenvalue weighted by atomic mass is 32.2. The molecule has 2 rings (SSSR count). The van der Waals surface area contributed by atoms with Gasteiger partial charge in [-0.2, -0.15) is 0 Å².